The van der Waals surface area contributed by atoms with Crippen LogP contribution in [0.4, 0.5) is 0 Å². The fourth-order valence-electron chi connectivity index (χ4n) is 8.66. The molecule has 54 heavy (non-hydrogen) atoms. The van der Waals surface area contributed by atoms with Gasteiger partial charge in [0.25, 0.3) is 0 Å². The van der Waals surface area contributed by atoms with Crippen LogP contribution in [-0.2, 0) is 0 Å². The van der Waals surface area contributed by atoms with E-state index in [-0.39, 0.29) is 0 Å². The molecule has 0 aliphatic carbocycles. The number of hydrogen-bond donors (Lipinski definition) is 0. The summed E-state index contributed by atoms with van der Waals surface area (Å²) >= 11 is 0. The molecule has 0 aliphatic rings. The number of hydrogen-bond acceptors (Lipinski definition) is 0. The Morgan fingerprint density at radius 3 is 0.630 bits per heavy atom. The average Bonchev–Trinajstić information content (AvgIpc) is 3.23. The molecular formula is C52H48BP. The van der Waals surface area contributed by atoms with Gasteiger partial charge < -0.3 is 0 Å². The van der Waals surface area contributed by atoms with E-state index in [2.05, 4.69) is 246 Å². The van der Waals surface area contributed by atoms with Crippen molar-refractivity contribution >= 4 is 56.5 Å². The number of rotatable bonds is 8. The summed E-state index contributed by atoms with van der Waals surface area (Å²) in [4.78, 5) is 0. The van der Waals surface area contributed by atoms with Gasteiger partial charge in [-0.25, -0.2) is 0 Å². The molecular weight excluding hydrogens is 666 g/mol. The van der Waals surface area contributed by atoms with Crippen molar-refractivity contribution in [2.24, 2.45) is 0 Å². The van der Waals surface area contributed by atoms with Gasteiger partial charge in [-0.2, -0.15) is 21.9 Å². The van der Waals surface area contributed by atoms with Crippen LogP contribution in [0, 0.1) is 27.7 Å². The zero-order chi connectivity index (χ0) is 37.4. The van der Waals surface area contributed by atoms with Gasteiger partial charge in [0.15, 0.2) is 0 Å². The summed E-state index contributed by atoms with van der Waals surface area (Å²) in [5, 5.41) is 5.83. The van der Waals surface area contributed by atoms with Crippen molar-refractivity contribution < 1.29 is 0 Å². The minimum absolute atomic E-state index is 1.22. The molecule has 2 heteroatoms. The molecule has 0 aliphatic heterocycles. The lowest BCUT2D eigenvalue weighted by atomic mass is 9.13. The predicted molar refractivity (Wildman–Crippen MR) is 240 cm³/mol. The fraction of sp³-hybridized carbons (Fsp3) is 0.0769. The third-order valence-corrected chi connectivity index (χ3v) is 16.0. The monoisotopic (exact) mass is 714 g/mol. The van der Waals surface area contributed by atoms with Crippen LogP contribution < -0.4 is 43.1 Å². The molecule has 0 radical (unpaired) electrons. The Kier molecular flexibility index (Phi) is 11.2. The summed E-state index contributed by atoms with van der Waals surface area (Å²) in [7, 11) is -2.06. The highest BCUT2D eigenvalue weighted by atomic mass is 31.2. The molecule has 0 N–H and O–H groups in total. The fourth-order valence-corrected chi connectivity index (χ4v) is 13.9. The first-order valence-corrected chi connectivity index (χ1v) is 20.8. The maximum Gasteiger partial charge on any atom is 0.145 e. The summed E-state index contributed by atoms with van der Waals surface area (Å²) in [5.41, 5.74) is 10.8. The third-order valence-electron chi connectivity index (χ3n) is 11.1. The topological polar surface area (TPSA) is 0 Å². The molecule has 0 aromatic heterocycles. The molecule has 0 fully saturated rings. The minimum Gasteiger partial charge on any atom is -0.195 e. The van der Waals surface area contributed by atoms with Gasteiger partial charge in [-0.1, -0.05) is 194 Å². The molecule has 0 bridgehead atoms. The van der Waals surface area contributed by atoms with Crippen LogP contribution in [0.5, 0.6) is 0 Å². The van der Waals surface area contributed by atoms with Crippen molar-refractivity contribution in [2.45, 2.75) is 27.7 Å². The second-order valence-electron chi connectivity index (χ2n) is 14.3. The van der Waals surface area contributed by atoms with E-state index < -0.39 is 13.4 Å². The third kappa shape index (κ3) is 6.77. The Morgan fingerprint density at radius 2 is 0.426 bits per heavy atom. The molecule has 0 heterocycles. The van der Waals surface area contributed by atoms with Crippen LogP contribution in [0.3, 0.4) is 0 Å². The molecule has 0 atom stereocenters. The first-order valence-electron chi connectivity index (χ1n) is 19.0. The Morgan fingerprint density at radius 1 is 0.241 bits per heavy atom. The lowest BCUT2D eigenvalue weighted by Gasteiger charge is -2.44. The van der Waals surface area contributed by atoms with Crippen molar-refractivity contribution in [1.29, 1.82) is 0 Å². The Labute approximate surface area is 323 Å². The van der Waals surface area contributed by atoms with E-state index >= 15 is 0 Å². The Bertz CT molecular complexity index is 2070. The largest absolute Gasteiger partial charge is 0.195 e. The molecule has 8 aromatic carbocycles. The smallest absolute Gasteiger partial charge is 0.145 e. The van der Waals surface area contributed by atoms with E-state index in [1.807, 2.05) is 0 Å². The molecule has 0 saturated carbocycles. The Balaban J connectivity index is 0.000000168. The van der Waals surface area contributed by atoms with Crippen molar-refractivity contribution in [1.82, 2.24) is 0 Å². The molecule has 0 nitrogen and oxygen atoms in total. The summed E-state index contributed by atoms with van der Waals surface area (Å²) in [6.45, 7) is 9.05. The van der Waals surface area contributed by atoms with Gasteiger partial charge in [-0.15, -0.1) is 0 Å². The van der Waals surface area contributed by atoms with Crippen LogP contribution in [0.15, 0.2) is 218 Å². The van der Waals surface area contributed by atoms with Gasteiger partial charge in [-0.05, 0) is 74.2 Å². The SMILES string of the molecule is Cc1ccccc1[P+](c1ccccc1C)(c1ccccc1C)c1ccccc1C.c1ccc([B-](c2ccccc2)(c2ccccc2)c2ccccc2)cc1. The number of aryl methyl sites for hydroxylation is 4. The maximum absolute atomic E-state index is 2.36. The van der Waals surface area contributed by atoms with Crippen molar-refractivity contribution in [3.05, 3.63) is 241 Å². The second kappa shape index (κ2) is 16.5. The van der Waals surface area contributed by atoms with Crippen LogP contribution in [0.25, 0.3) is 0 Å². The van der Waals surface area contributed by atoms with Gasteiger partial charge >= 0.3 is 0 Å². The van der Waals surface area contributed by atoms with Crippen LogP contribution in [0.1, 0.15) is 22.3 Å². The minimum atomic E-state index is -2.06. The predicted octanol–water partition coefficient (Wildman–Crippen LogP) is 8.60. The molecule has 0 unspecified atom stereocenters. The van der Waals surface area contributed by atoms with Gasteiger partial charge in [0.1, 0.15) is 34.6 Å². The van der Waals surface area contributed by atoms with Crippen LogP contribution in [0.2, 0.25) is 0 Å². The summed E-state index contributed by atoms with van der Waals surface area (Å²) in [6.07, 6.45) is -1.22. The standard InChI is InChI=1S/C28H28P.C24H20B/c1-21-13-5-9-17-25(21)29(26-18-10-6-14-22(26)2,27-19-11-7-15-23(27)3)28-20-12-8-16-24(28)4;1-5-13-21(14-6-1)25(22-15-7-2-8-16-22,23-17-9-3-10-18-23)24-19-11-4-12-20-24/h5-20H,1-4H3;1-20H/q+1;-1. The summed E-state index contributed by atoms with van der Waals surface area (Å²) in [5.74, 6) is 0. The zero-order valence-corrected chi connectivity index (χ0v) is 32.7. The highest BCUT2D eigenvalue weighted by molar-refractivity contribution is 8.01. The lowest BCUT2D eigenvalue weighted by molar-refractivity contribution is 1.47. The van der Waals surface area contributed by atoms with E-state index in [0.717, 1.165) is 0 Å². The zero-order valence-electron chi connectivity index (χ0n) is 31.8. The van der Waals surface area contributed by atoms with Crippen molar-refractivity contribution in [3.8, 4) is 0 Å². The first-order chi connectivity index (χ1) is 26.5. The summed E-state index contributed by atoms with van der Waals surface area (Å²) < 4.78 is 0. The average molecular weight is 715 g/mol. The van der Waals surface area contributed by atoms with E-state index in [1.165, 1.54) is 65.3 Å². The van der Waals surface area contributed by atoms with E-state index in [9.17, 15) is 0 Å². The van der Waals surface area contributed by atoms with Crippen LogP contribution in [-0.4, -0.2) is 6.15 Å². The van der Waals surface area contributed by atoms with Crippen LogP contribution >= 0.6 is 7.26 Å². The van der Waals surface area contributed by atoms with E-state index in [1.54, 1.807) is 0 Å². The van der Waals surface area contributed by atoms with Crippen molar-refractivity contribution in [3.63, 3.8) is 0 Å². The quantitative estimate of drug-likeness (QED) is 0.109. The maximum atomic E-state index is 2.36. The molecule has 0 saturated heterocycles. The lowest BCUT2D eigenvalue weighted by Crippen LogP contribution is -2.74. The van der Waals surface area contributed by atoms with Gasteiger partial charge in [0, 0.05) is 0 Å². The van der Waals surface area contributed by atoms with Gasteiger partial charge in [0.2, 0.25) is 0 Å². The van der Waals surface area contributed by atoms with E-state index in [0.29, 0.717) is 0 Å². The molecule has 8 aromatic rings. The summed E-state index contributed by atoms with van der Waals surface area (Å²) in [6, 6.07) is 79.4. The first kappa shape index (κ1) is 36.6. The van der Waals surface area contributed by atoms with Gasteiger partial charge in [-0.3, -0.25) is 0 Å². The molecule has 264 valence electrons. The highest BCUT2D eigenvalue weighted by Crippen LogP contribution is 2.56. The Hall–Kier alpha value is -5.75. The van der Waals surface area contributed by atoms with Gasteiger partial charge in [0.05, 0.1) is 0 Å². The van der Waals surface area contributed by atoms with E-state index in [4.69, 9.17) is 0 Å². The second-order valence-corrected chi connectivity index (χ2v) is 17.6. The normalized spacial score (nSPS) is 11.3. The highest BCUT2D eigenvalue weighted by Gasteiger charge is 2.51. The number of benzene rings is 8. The van der Waals surface area contributed by atoms with Crippen molar-refractivity contribution in [2.75, 3.05) is 0 Å². The molecule has 8 rings (SSSR count). The molecule has 0 spiro atoms. The molecule has 0 amide bonds.